The summed E-state index contributed by atoms with van der Waals surface area (Å²) in [5, 5.41) is 9.69. The molecule has 1 heterocycles. The van der Waals surface area contributed by atoms with E-state index in [9.17, 15) is 13.5 Å². The Balaban J connectivity index is 2.63. The van der Waals surface area contributed by atoms with Crippen molar-refractivity contribution >= 4 is 10.0 Å². The molecule has 6 heteroatoms. The van der Waals surface area contributed by atoms with Crippen LogP contribution in [0.15, 0.2) is 29.4 Å². The Morgan fingerprint density at radius 2 is 2.24 bits per heavy atom. The zero-order valence-corrected chi connectivity index (χ0v) is 10.8. The van der Waals surface area contributed by atoms with Gasteiger partial charge in [-0.05, 0) is 18.1 Å². The van der Waals surface area contributed by atoms with Crippen molar-refractivity contribution in [1.29, 1.82) is 0 Å². The minimum atomic E-state index is -3.57. The van der Waals surface area contributed by atoms with Gasteiger partial charge in [-0.25, -0.2) is 13.1 Å². The molecule has 1 aromatic heterocycles. The Morgan fingerprint density at radius 3 is 2.76 bits per heavy atom. The summed E-state index contributed by atoms with van der Waals surface area (Å²) >= 11 is 0. The molecule has 0 amide bonds. The fourth-order valence-electron chi connectivity index (χ4n) is 1.26. The largest absolute Gasteiger partial charge is 0.391 e. The van der Waals surface area contributed by atoms with Gasteiger partial charge in [0.25, 0.3) is 0 Å². The Morgan fingerprint density at radius 1 is 1.53 bits per heavy atom. The van der Waals surface area contributed by atoms with Crippen molar-refractivity contribution in [2.75, 3.05) is 6.54 Å². The standard InChI is InChI=1S/C11H18N2O3S/c1-3-9(2)11(14)8-13-17(15,16)10-5-4-6-12-7-10/h4-7,9,11,13-14H,3,8H2,1-2H3. The third kappa shape index (κ3) is 4.07. The number of nitrogens with zero attached hydrogens (tertiary/aromatic N) is 1. The lowest BCUT2D eigenvalue weighted by Gasteiger charge is -2.17. The molecule has 1 rings (SSSR count). The molecule has 0 radical (unpaired) electrons. The first kappa shape index (κ1) is 14.1. The van der Waals surface area contributed by atoms with Crippen molar-refractivity contribution in [1.82, 2.24) is 9.71 Å². The maximum atomic E-state index is 11.8. The van der Waals surface area contributed by atoms with Gasteiger partial charge in [-0.1, -0.05) is 20.3 Å². The molecule has 0 aliphatic rings. The molecular weight excluding hydrogens is 240 g/mol. The van der Waals surface area contributed by atoms with Crippen LogP contribution in [0.3, 0.4) is 0 Å². The highest BCUT2D eigenvalue weighted by molar-refractivity contribution is 7.89. The maximum Gasteiger partial charge on any atom is 0.242 e. The predicted molar refractivity (Wildman–Crippen MR) is 64.9 cm³/mol. The van der Waals surface area contributed by atoms with Crippen LogP contribution in [0.25, 0.3) is 0 Å². The summed E-state index contributed by atoms with van der Waals surface area (Å²) in [6.45, 7) is 3.85. The smallest absolute Gasteiger partial charge is 0.242 e. The van der Waals surface area contributed by atoms with Crippen LogP contribution in [0.2, 0.25) is 0 Å². The van der Waals surface area contributed by atoms with Crippen LogP contribution < -0.4 is 4.72 Å². The van der Waals surface area contributed by atoms with E-state index >= 15 is 0 Å². The van der Waals surface area contributed by atoms with E-state index in [1.54, 1.807) is 6.07 Å². The second-order valence-electron chi connectivity index (χ2n) is 3.99. The van der Waals surface area contributed by atoms with Gasteiger partial charge in [0.05, 0.1) is 6.10 Å². The van der Waals surface area contributed by atoms with Crippen LogP contribution in [0, 0.1) is 5.92 Å². The van der Waals surface area contributed by atoms with Crippen LogP contribution >= 0.6 is 0 Å². The molecule has 0 fully saturated rings. The monoisotopic (exact) mass is 258 g/mol. The van der Waals surface area contributed by atoms with Gasteiger partial charge in [0, 0.05) is 18.9 Å². The quantitative estimate of drug-likeness (QED) is 0.790. The van der Waals surface area contributed by atoms with E-state index in [-0.39, 0.29) is 17.4 Å². The molecule has 2 N–H and O–H groups in total. The highest BCUT2D eigenvalue weighted by atomic mass is 32.2. The van der Waals surface area contributed by atoms with Crippen LogP contribution in [0.4, 0.5) is 0 Å². The number of aromatic nitrogens is 1. The predicted octanol–water partition coefficient (Wildman–Crippen LogP) is 0.767. The summed E-state index contributed by atoms with van der Waals surface area (Å²) in [7, 11) is -3.57. The first-order chi connectivity index (χ1) is 7.97. The van der Waals surface area contributed by atoms with E-state index in [4.69, 9.17) is 0 Å². The van der Waals surface area contributed by atoms with Crippen LogP contribution in [0.5, 0.6) is 0 Å². The Bertz CT molecular complexity index is 433. The molecule has 0 aliphatic carbocycles. The van der Waals surface area contributed by atoms with E-state index in [0.717, 1.165) is 6.42 Å². The second kappa shape index (κ2) is 6.09. The van der Waals surface area contributed by atoms with Crippen LogP contribution in [-0.2, 0) is 10.0 Å². The van der Waals surface area contributed by atoms with E-state index in [2.05, 4.69) is 9.71 Å². The van der Waals surface area contributed by atoms with Gasteiger partial charge in [-0.15, -0.1) is 0 Å². The van der Waals surface area contributed by atoms with Crippen LogP contribution in [-0.4, -0.2) is 31.2 Å². The summed E-state index contributed by atoms with van der Waals surface area (Å²) in [5.74, 6) is 0.0617. The Kier molecular flexibility index (Phi) is 5.04. The summed E-state index contributed by atoms with van der Waals surface area (Å²) < 4.78 is 25.9. The maximum absolute atomic E-state index is 11.8. The number of sulfonamides is 1. The summed E-state index contributed by atoms with van der Waals surface area (Å²) in [6.07, 6.45) is 2.91. The van der Waals surface area contributed by atoms with Gasteiger partial charge in [0.2, 0.25) is 10.0 Å². The lowest BCUT2D eigenvalue weighted by atomic mass is 10.0. The zero-order chi connectivity index (χ0) is 12.9. The summed E-state index contributed by atoms with van der Waals surface area (Å²) in [6, 6.07) is 3.02. The van der Waals surface area contributed by atoms with E-state index in [1.165, 1.54) is 18.5 Å². The minimum absolute atomic E-state index is 0.0201. The van der Waals surface area contributed by atoms with Crippen molar-refractivity contribution in [2.45, 2.75) is 31.3 Å². The molecule has 96 valence electrons. The van der Waals surface area contributed by atoms with Gasteiger partial charge in [-0.3, -0.25) is 4.98 Å². The highest BCUT2D eigenvalue weighted by Gasteiger charge is 2.18. The molecular formula is C11H18N2O3S. The molecule has 1 aromatic rings. The third-order valence-electron chi connectivity index (χ3n) is 2.73. The number of aliphatic hydroxyl groups excluding tert-OH is 1. The average molecular weight is 258 g/mol. The van der Waals surface area contributed by atoms with Gasteiger partial charge < -0.3 is 5.11 Å². The molecule has 2 unspecified atom stereocenters. The highest BCUT2D eigenvalue weighted by Crippen LogP contribution is 2.09. The van der Waals surface area contributed by atoms with Crippen LogP contribution in [0.1, 0.15) is 20.3 Å². The number of aliphatic hydroxyl groups is 1. The summed E-state index contributed by atoms with van der Waals surface area (Å²) in [5.41, 5.74) is 0. The molecule has 0 bridgehead atoms. The number of pyridine rings is 1. The van der Waals surface area contributed by atoms with Gasteiger partial charge in [0.15, 0.2) is 0 Å². The molecule has 0 saturated heterocycles. The fourth-order valence-corrected chi connectivity index (χ4v) is 2.27. The molecule has 0 saturated carbocycles. The number of hydrogen-bond acceptors (Lipinski definition) is 4. The van der Waals surface area contributed by atoms with Crippen molar-refractivity contribution < 1.29 is 13.5 Å². The van der Waals surface area contributed by atoms with Crippen molar-refractivity contribution in [3.8, 4) is 0 Å². The van der Waals surface area contributed by atoms with E-state index < -0.39 is 16.1 Å². The lowest BCUT2D eigenvalue weighted by Crippen LogP contribution is -2.35. The second-order valence-corrected chi connectivity index (χ2v) is 5.76. The Labute approximate surface area is 102 Å². The third-order valence-corrected chi connectivity index (χ3v) is 4.14. The van der Waals surface area contributed by atoms with Crippen molar-refractivity contribution in [2.24, 2.45) is 5.92 Å². The number of nitrogens with one attached hydrogen (secondary N) is 1. The normalized spacial score (nSPS) is 15.5. The average Bonchev–Trinajstić information content (AvgIpc) is 2.36. The molecule has 0 spiro atoms. The Hall–Kier alpha value is -0.980. The van der Waals surface area contributed by atoms with Gasteiger partial charge >= 0.3 is 0 Å². The molecule has 5 nitrogen and oxygen atoms in total. The lowest BCUT2D eigenvalue weighted by molar-refractivity contribution is 0.118. The zero-order valence-electron chi connectivity index (χ0n) is 10.00. The number of hydrogen-bond donors (Lipinski definition) is 2. The topological polar surface area (TPSA) is 79.3 Å². The first-order valence-corrected chi connectivity index (χ1v) is 7.03. The fraction of sp³-hybridized carbons (Fsp3) is 0.545. The van der Waals surface area contributed by atoms with E-state index in [1.807, 2.05) is 13.8 Å². The minimum Gasteiger partial charge on any atom is -0.391 e. The molecule has 17 heavy (non-hydrogen) atoms. The molecule has 0 aromatic carbocycles. The number of rotatable bonds is 6. The van der Waals surface area contributed by atoms with Gasteiger partial charge in [0.1, 0.15) is 4.90 Å². The van der Waals surface area contributed by atoms with Gasteiger partial charge in [-0.2, -0.15) is 0 Å². The SMILES string of the molecule is CCC(C)C(O)CNS(=O)(=O)c1cccnc1. The van der Waals surface area contributed by atoms with Crippen molar-refractivity contribution in [3.05, 3.63) is 24.5 Å². The van der Waals surface area contributed by atoms with E-state index in [0.29, 0.717) is 0 Å². The first-order valence-electron chi connectivity index (χ1n) is 5.55. The molecule has 2 atom stereocenters. The van der Waals surface area contributed by atoms with Crippen molar-refractivity contribution in [3.63, 3.8) is 0 Å². The summed E-state index contributed by atoms with van der Waals surface area (Å²) in [4.78, 5) is 3.86. The molecule has 0 aliphatic heterocycles.